The minimum absolute atomic E-state index is 0.0350. The van der Waals surface area contributed by atoms with E-state index >= 15 is 0 Å². The molecule has 1 amide bonds. The number of carbonyl (C=O) groups excluding carboxylic acids is 1. The van der Waals surface area contributed by atoms with Crippen LogP contribution in [-0.4, -0.2) is 25.4 Å². The Balaban J connectivity index is 1.72. The Hall–Kier alpha value is -4.22. The molecule has 4 aromatic rings. The van der Waals surface area contributed by atoms with E-state index < -0.39 is 22.7 Å². The van der Waals surface area contributed by atoms with Gasteiger partial charge in [0.15, 0.2) is 17.0 Å². The number of aromatic nitrogens is 3. The van der Waals surface area contributed by atoms with Gasteiger partial charge in [0.25, 0.3) is 11.6 Å². The number of nitro groups is 1. The second kappa shape index (κ2) is 7.55. The van der Waals surface area contributed by atoms with Crippen molar-refractivity contribution < 1.29 is 27.3 Å². The van der Waals surface area contributed by atoms with Crippen LogP contribution in [0.3, 0.4) is 0 Å². The Labute approximate surface area is 171 Å². The van der Waals surface area contributed by atoms with Gasteiger partial charge in [-0.25, -0.2) is 9.50 Å². The molecule has 158 valence electrons. The van der Waals surface area contributed by atoms with Crippen LogP contribution in [0.2, 0.25) is 0 Å². The highest BCUT2D eigenvalue weighted by molar-refractivity contribution is 5.93. The average molecular weight is 431 g/mol. The van der Waals surface area contributed by atoms with Gasteiger partial charge in [-0.15, -0.1) is 0 Å². The molecule has 12 heteroatoms. The van der Waals surface area contributed by atoms with Gasteiger partial charge in [0.1, 0.15) is 5.76 Å². The number of hydrogen-bond donors (Lipinski definition) is 1. The fourth-order valence-electron chi connectivity index (χ4n) is 2.86. The second-order valence-corrected chi connectivity index (χ2v) is 6.39. The van der Waals surface area contributed by atoms with Crippen molar-refractivity contribution >= 4 is 17.2 Å². The molecule has 0 bridgehead atoms. The molecule has 0 saturated carbocycles. The van der Waals surface area contributed by atoms with Gasteiger partial charge >= 0.3 is 6.18 Å². The maximum absolute atomic E-state index is 13.6. The molecule has 0 aliphatic heterocycles. The fourth-order valence-corrected chi connectivity index (χ4v) is 2.86. The normalized spacial score (nSPS) is 11.6. The molecular weight excluding hydrogens is 419 g/mol. The highest BCUT2D eigenvalue weighted by Gasteiger charge is 2.35. The van der Waals surface area contributed by atoms with Gasteiger partial charge in [-0.05, 0) is 30.3 Å². The molecule has 1 N–H and O–H groups in total. The van der Waals surface area contributed by atoms with Gasteiger partial charge in [-0.2, -0.15) is 18.3 Å². The van der Waals surface area contributed by atoms with E-state index in [1.165, 1.54) is 30.5 Å². The molecule has 0 fully saturated rings. The van der Waals surface area contributed by atoms with Gasteiger partial charge in [0, 0.05) is 23.8 Å². The topological polar surface area (TPSA) is 116 Å². The van der Waals surface area contributed by atoms with Crippen molar-refractivity contribution in [2.75, 3.05) is 0 Å². The van der Waals surface area contributed by atoms with E-state index in [4.69, 9.17) is 4.42 Å². The van der Waals surface area contributed by atoms with Crippen LogP contribution in [0.1, 0.15) is 21.9 Å². The molecule has 3 heterocycles. The first-order valence-electron chi connectivity index (χ1n) is 8.76. The number of furan rings is 1. The summed E-state index contributed by atoms with van der Waals surface area (Å²) in [5.74, 6) is -0.237. The number of nitrogens with one attached hydrogen (secondary N) is 1. The maximum atomic E-state index is 13.6. The number of rotatable bonds is 5. The van der Waals surface area contributed by atoms with Crippen LogP contribution in [0.15, 0.2) is 59.2 Å². The SMILES string of the molecule is O=C(NCc1ccco1)c1cc2nc(-c3ccc([N+](=O)[O-])cc3)cc(C(F)(F)F)n2n1. The predicted octanol–water partition coefficient (Wildman–Crippen LogP) is 3.85. The highest BCUT2D eigenvalue weighted by Crippen LogP contribution is 2.32. The lowest BCUT2D eigenvalue weighted by Crippen LogP contribution is -2.23. The molecular formula is C19H12F3N5O4. The van der Waals surface area contributed by atoms with E-state index in [9.17, 15) is 28.1 Å². The largest absolute Gasteiger partial charge is 0.467 e. The standard InChI is InChI=1S/C19H12F3N5O4/c20-19(21,22)16-8-14(11-3-5-12(6-4-11)27(29)30)24-17-9-15(25-26(16)17)18(28)23-10-13-2-1-7-31-13/h1-9H,10H2,(H,23,28). The third kappa shape index (κ3) is 4.08. The summed E-state index contributed by atoms with van der Waals surface area (Å²) in [6.07, 6.45) is -3.36. The quantitative estimate of drug-likeness (QED) is 0.379. The third-order valence-electron chi connectivity index (χ3n) is 4.33. The van der Waals surface area contributed by atoms with Crippen LogP contribution in [-0.2, 0) is 12.7 Å². The molecule has 0 unspecified atom stereocenters. The van der Waals surface area contributed by atoms with Crippen molar-refractivity contribution in [3.8, 4) is 11.3 Å². The number of non-ortho nitro benzene ring substituents is 1. The number of amides is 1. The maximum Gasteiger partial charge on any atom is 0.433 e. The Morgan fingerprint density at radius 2 is 1.94 bits per heavy atom. The molecule has 3 aromatic heterocycles. The molecule has 0 radical (unpaired) electrons. The number of fused-ring (bicyclic) bond motifs is 1. The summed E-state index contributed by atoms with van der Waals surface area (Å²) in [6.45, 7) is 0.0350. The van der Waals surface area contributed by atoms with Gasteiger partial charge < -0.3 is 9.73 Å². The van der Waals surface area contributed by atoms with Crippen LogP contribution in [0.5, 0.6) is 0 Å². The molecule has 0 aliphatic carbocycles. The summed E-state index contributed by atoms with van der Waals surface area (Å²) in [5.41, 5.74) is -1.64. The van der Waals surface area contributed by atoms with Crippen LogP contribution in [0.25, 0.3) is 16.9 Å². The molecule has 4 rings (SSSR count). The molecule has 0 saturated heterocycles. The third-order valence-corrected chi connectivity index (χ3v) is 4.33. The Kier molecular flexibility index (Phi) is 4.89. The fraction of sp³-hybridized carbons (Fsp3) is 0.105. The van der Waals surface area contributed by atoms with Crippen molar-refractivity contribution in [3.63, 3.8) is 0 Å². The smallest absolute Gasteiger partial charge is 0.433 e. The van der Waals surface area contributed by atoms with E-state index in [1.807, 2.05) is 0 Å². The number of halogens is 3. The van der Waals surface area contributed by atoms with Gasteiger partial charge in [0.2, 0.25) is 0 Å². The Morgan fingerprint density at radius 1 is 1.19 bits per heavy atom. The second-order valence-electron chi connectivity index (χ2n) is 6.39. The van der Waals surface area contributed by atoms with Crippen molar-refractivity contribution in [2.45, 2.75) is 12.7 Å². The molecule has 9 nitrogen and oxygen atoms in total. The minimum atomic E-state index is -4.79. The van der Waals surface area contributed by atoms with Crippen LogP contribution in [0, 0.1) is 10.1 Å². The lowest BCUT2D eigenvalue weighted by molar-refractivity contribution is -0.384. The zero-order valence-electron chi connectivity index (χ0n) is 15.5. The Morgan fingerprint density at radius 3 is 2.55 bits per heavy atom. The first-order chi connectivity index (χ1) is 14.7. The number of benzene rings is 1. The molecule has 31 heavy (non-hydrogen) atoms. The van der Waals surface area contributed by atoms with E-state index in [1.54, 1.807) is 12.1 Å². The van der Waals surface area contributed by atoms with E-state index in [2.05, 4.69) is 15.4 Å². The monoisotopic (exact) mass is 431 g/mol. The lowest BCUT2D eigenvalue weighted by Gasteiger charge is -2.11. The minimum Gasteiger partial charge on any atom is -0.467 e. The summed E-state index contributed by atoms with van der Waals surface area (Å²) >= 11 is 0. The zero-order valence-corrected chi connectivity index (χ0v) is 15.5. The van der Waals surface area contributed by atoms with E-state index in [0.29, 0.717) is 10.3 Å². The zero-order chi connectivity index (χ0) is 22.2. The molecule has 0 spiro atoms. The molecule has 0 atom stereocenters. The number of nitrogens with zero attached hydrogens (tertiary/aromatic N) is 4. The van der Waals surface area contributed by atoms with Crippen molar-refractivity contribution in [3.05, 3.63) is 82.1 Å². The summed E-state index contributed by atoms with van der Waals surface area (Å²) in [6, 6.07) is 10.1. The Bertz CT molecular complexity index is 1260. The summed E-state index contributed by atoms with van der Waals surface area (Å²) in [4.78, 5) is 26.6. The highest BCUT2D eigenvalue weighted by atomic mass is 19.4. The number of nitro benzene ring substituents is 1. The molecule has 0 aliphatic rings. The lowest BCUT2D eigenvalue weighted by atomic mass is 10.1. The van der Waals surface area contributed by atoms with Crippen molar-refractivity contribution in [1.29, 1.82) is 0 Å². The van der Waals surface area contributed by atoms with Gasteiger partial charge in [-0.3, -0.25) is 14.9 Å². The van der Waals surface area contributed by atoms with Crippen LogP contribution >= 0.6 is 0 Å². The predicted molar refractivity (Wildman–Crippen MR) is 100.0 cm³/mol. The summed E-state index contributed by atoms with van der Waals surface area (Å²) in [5, 5.41) is 17.0. The summed E-state index contributed by atoms with van der Waals surface area (Å²) < 4.78 is 46.5. The van der Waals surface area contributed by atoms with Crippen molar-refractivity contribution in [1.82, 2.24) is 19.9 Å². The van der Waals surface area contributed by atoms with E-state index in [0.717, 1.165) is 12.1 Å². The molecule has 1 aromatic carbocycles. The number of carbonyl (C=O) groups is 1. The summed E-state index contributed by atoms with van der Waals surface area (Å²) in [7, 11) is 0. The van der Waals surface area contributed by atoms with Crippen LogP contribution < -0.4 is 5.32 Å². The van der Waals surface area contributed by atoms with Crippen molar-refractivity contribution in [2.24, 2.45) is 0 Å². The number of alkyl halides is 3. The first kappa shape index (κ1) is 20.1. The average Bonchev–Trinajstić information content (AvgIpc) is 3.40. The number of hydrogen-bond acceptors (Lipinski definition) is 6. The van der Waals surface area contributed by atoms with Crippen LogP contribution in [0.4, 0.5) is 18.9 Å². The first-order valence-corrected chi connectivity index (χ1v) is 8.76. The van der Waals surface area contributed by atoms with E-state index in [-0.39, 0.29) is 34.8 Å². The van der Waals surface area contributed by atoms with Gasteiger partial charge in [0.05, 0.1) is 23.4 Å². The van der Waals surface area contributed by atoms with Gasteiger partial charge in [-0.1, -0.05) is 0 Å².